The van der Waals surface area contributed by atoms with Crippen LogP contribution in [0.25, 0.3) is 0 Å². The van der Waals surface area contributed by atoms with Crippen molar-refractivity contribution >= 4 is 17.9 Å². The first-order valence-corrected chi connectivity index (χ1v) is 10.8. The van der Waals surface area contributed by atoms with Gasteiger partial charge in [-0.1, -0.05) is 43.3 Å². The maximum Gasteiger partial charge on any atom is 0.204 e. The molecule has 0 spiro atoms. The quantitative estimate of drug-likeness (QED) is 0.582. The Balaban J connectivity index is 1.63. The summed E-state index contributed by atoms with van der Waals surface area (Å²) < 4.78 is 13.8. The van der Waals surface area contributed by atoms with Crippen molar-refractivity contribution in [2.75, 3.05) is 39.4 Å². The van der Waals surface area contributed by atoms with Crippen LogP contribution in [0.4, 0.5) is 0 Å². The summed E-state index contributed by atoms with van der Waals surface area (Å²) in [6, 6.07) is 19.6. The number of hydrogen-bond donors (Lipinski definition) is 1. The molecule has 1 fully saturated rings. The summed E-state index contributed by atoms with van der Waals surface area (Å²) in [6.07, 6.45) is 1.00. The molecule has 2 aromatic rings. The number of rotatable bonds is 8. The van der Waals surface area contributed by atoms with E-state index in [0.29, 0.717) is 0 Å². The maximum atomic E-state index is 13.8. The number of likely N-dealkylation sites (N-methyl/N-ethyl adjacent to an activating group) is 1. The molecule has 1 N–H and O–H groups in total. The van der Waals surface area contributed by atoms with Crippen molar-refractivity contribution in [2.24, 2.45) is 0 Å². The van der Waals surface area contributed by atoms with Crippen molar-refractivity contribution in [3.63, 3.8) is 0 Å². The summed E-state index contributed by atoms with van der Waals surface area (Å²) in [5.74, 6) is 0. The molecule has 0 aliphatic carbocycles. The fourth-order valence-electron chi connectivity index (χ4n) is 3.29. The monoisotopic (exact) mass is 357 g/mol. The van der Waals surface area contributed by atoms with Gasteiger partial charge in [-0.15, -0.1) is 0 Å². The van der Waals surface area contributed by atoms with E-state index >= 15 is 0 Å². The average molecular weight is 357 g/mol. The summed E-state index contributed by atoms with van der Waals surface area (Å²) >= 11 is 0. The lowest BCUT2D eigenvalue weighted by Crippen LogP contribution is -2.31. The Morgan fingerprint density at radius 3 is 2.00 bits per heavy atom. The van der Waals surface area contributed by atoms with Gasteiger partial charge in [0.15, 0.2) is 0 Å². The molecule has 1 aliphatic rings. The van der Waals surface area contributed by atoms with Crippen LogP contribution in [0.3, 0.4) is 0 Å². The standard InChI is InChI=1S/C20H28N3OP/c1-2-22-16-17-23(18-22)15-9-14-21-25(24,19-10-5-3-6-11-19)20-12-7-4-8-13-20/h3-8,10-13H,2,9,14-18H2,1H3,(H,21,24). The third-order valence-corrected chi connectivity index (χ3v) is 7.52. The van der Waals surface area contributed by atoms with Crippen molar-refractivity contribution in [3.8, 4) is 0 Å². The molecule has 0 saturated carbocycles. The minimum absolute atomic E-state index is 0.754. The van der Waals surface area contributed by atoms with Gasteiger partial charge in [0, 0.05) is 36.8 Å². The van der Waals surface area contributed by atoms with Gasteiger partial charge in [0.1, 0.15) is 0 Å². The van der Waals surface area contributed by atoms with Gasteiger partial charge in [0.25, 0.3) is 0 Å². The fraction of sp³-hybridized carbons (Fsp3) is 0.400. The first kappa shape index (κ1) is 18.3. The molecule has 0 amide bonds. The molecule has 1 saturated heterocycles. The molecule has 1 heterocycles. The van der Waals surface area contributed by atoms with Crippen LogP contribution in [-0.4, -0.2) is 49.2 Å². The summed E-state index contributed by atoms with van der Waals surface area (Å²) in [6.45, 7) is 8.49. The van der Waals surface area contributed by atoms with Crippen molar-refractivity contribution < 1.29 is 4.57 Å². The Morgan fingerprint density at radius 1 is 0.920 bits per heavy atom. The molecule has 1 aliphatic heterocycles. The third kappa shape index (κ3) is 4.59. The molecule has 0 radical (unpaired) electrons. The lowest BCUT2D eigenvalue weighted by atomic mass is 10.4. The average Bonchev–Trinajstić information content (AvgIpc) is 3.14. The predicted octanol–water partition coefficient (Wildman–Crippen LogP) is 2.49. The molecule has 2 aromatic carbocycles. The van der Waals surface area contributed by atoms with E-state index in [1.54, 1.807) is 0 Å². The fourth-order valence-corrected chi connectivity index (χ4v) is 5.61. The van der Waals surface area contributed by atoms with Crippen molar-refractivity contribution in [3.05, 3.63) is 60.7 Å². The zero-order valence-electron chi connectivity index (χ0n) is 15.0. The van der Waals surface area contributed by atoms with E-state index < -0.39 is 7.29 Å². The summed E-state index contributed by atoms with van der Waals surface area (Å²) in [5.41, 5.74) is 0. The van der Waals surface area contributed by atoms with Gasteiger partial charge in [0.05, 0.1) is 6.67 Å². The molecular weight excluding hydrogens is 329 g/mol. The number of hydrogen-bond acceptors (Lipinski definition) is 3. The zero-order valence-corrected chi connectivity index (χ0v) is 15.9. The molecule has 0 atom stereocenters. The zero-order chi connectivity index (χ0) is 17.5. The maximum absolute atomic E-state index is 13.8. The highest BCUT2D eigenvalue weighted by Crippen LogP contribution is 2.38. The van der Waals surface area contributed by atoms with Crippen LogP contribution in [-0.2, 0) is 4.57 Å². The van der Waals surface area contributed by atoms with Gasteiger partial charge in [-0.25, -0.2) is 0 Å². The van der Waals surface area contributed by atoms with Gasteiger partial charge < -0.3 is 0 Å². The van der Waals surface area contributed by atoms with E-state index in [9.17, 15) is 4.57 Å². The van der Waals surface area contributed by atoms with Crippen molar-refractivity contribution in [1.82, 2.24) is 14.9 Å². The van der Waals surface area contributed by atoms with E-state index in [-0.39, 0.29) is 0 Å². The van der Waals surface area contributed by atoms with Crippen LogP contribution in [0.2, 0.25) is 0 Å². The highest BCUT2D eigenvalue weighted by atomic mass is 31.2. The Bertz CT molecular complexity index is 649. The third-order valence-electron chi connectivity index (χ3n) is 4.80. The van der Waals surface area contributed by atoms with E-state index in [1.807, 2.05) is 60.7 Å². The second kappa shape index (κ2) is 8.77. The number of nitrogens with zero attached hydrogens (tertiary/aromatic N) is 2. The second-order valence-electron chi connectivity index (χ2n) is 6.51. The largest absolute Gasteiger partial charge is 0.297 e. The predicted molar refractivity (Wildman–Crippen MR) is 106 cm³/mol. The summed E-state index contributed by atoms with van der Waals surface area (Å²) in [5, 5.41) is 5.14. The first-order valence-electron chi connectivity index (χ1n) is 9.13. The molecular formula is C20H28N3OP. The van der Waals surface area contributed by atoms with Crippen molar-refractivity contribution in [1.29, 1.82) is 0 Å². The first-order chi connectivity index (χ1) is 12.2. The van der Waals surface area contributed by atoms with Crippen molar-refractivity contribution in [2.45, 2.75) is 13.3 Å². The van der Waals surface area contributed by atoms with Crippen LogP contribution < -0.4 is 15.7 Å². The summed E-state index contributed by atoms with van der Waals surface area (Å²) in [7, 11) is -2.78. The normalized spacial score (nSPS) is 16.4. The summed E-state index contributed by atoms with van der Waals surface area (Å²) in [4.78, 5) is 4.92. The molecule has 0 bridgehead atoms. The minimum Gasteiger partial charge on any atom is -0.297 e. The van der Waals surface area contributed by atoms with Crippen LogP contribution in [0, 0.1) is 0 Å². The van der Waals surface area contributed by atoms with Crippen LogP contribution in [0.1, 0.15) is 13.3 Å². The van der Waals surface area contributed by atoms with Gasteiger partial charge in [-0.3, -0.25) is 19.5 Å². The minimum atomic E-state index is -2.78. The van der Waals surface area contributed by atoms with Gasteiger partial charge in [0.2, 0.25) is 7.29 Å². The van der Waals surface area contributed by atoms with Gasteiger partial charge >= 0.3 is 0 Å². The smallest absolute Gasteiger partial charge is 0.204 e. The lowest BCUT2D eigenvalue weighted by Gasteiger charge is -2.22. The Kier molecular flexibility index (Phi) is 6.44. The molecule has 4 nitrogen and oxygen atoms in total. The molecule has 25 heavy (non-hydrogen) atoms. The van der Waals surface area contributed by atoms with E-state index in [4.69, 9.17) is 0 Å². The van der Waals surface area contributed by atoms with Gasteiger partial charge in [-0.05, 0) is 37.2 Å². The van der Waals surface area contributed by atoms with Gasteiger partial charge in [-0.2, -0.15) is 0 Å². The Hall–Kier alpha value is -1.45. The molecule has 3 rings (SSSR count). The van der Waals surface area contributed by atoms with Crippen LogP contribution in [0.5, 0.6) is 0 Å². The van der Waals surface area contributed by atoms with E-state index in [2.05, 4.69) is 21.8 Å². The van der Waals surface area contributed by atoms with Crippen LogP contribution >= 0.6 is 7.29 Å². The Morgan fingerprint density at radius 2 is 1.48 bits per heavy atom. The topological polar surface area (TPSA) is 35.6 Å². The second-order valence-corrected chi connectivity index (χ2v) is 9.08. The van der Waals surface area contributed by atoms with E-state index in [1.165, 1.54) is 0 Å². The SMILES string of the molecule is CCN1CCN(CCCNP(=O)(c2ccccc2)c2ccccc2)C1. The number of nitrogens with one attached hydrogen (secondary N) is 1. The lowest BCUT2D eigenvalue weighted by molar-refractivity contribution is 0.252. The molecule has 134 valence electrons. The molecule has 0 unspecified atom stereocenters. The Labute approximate surface area is 151 Å². The number of benzene rings is 2. The van der Waals surface area contributed by atoms with E-state index in [0.717, 1.165) is 56.4 Å². The highest BCUT2D eigenvalue weighted by Gasteiger charge is 2.26. The highest BCUT2D eigenvalue weighted by molar-refractivity contribution is 7.76. The molecule has 5 heteroatoms. The van der Waals surface area contributed by atoms with Crippen LogP contribution in [0.15, 0.2) is 60.7 Å². The molecule has 0 aromatic heterocycles.